The van der Waals surface area contributed by atoms with E-state index in [2.05, 4.69) is 9.71 Å². The van der Waals surface area contributed by atoms with Crippen LogP contribution in [0.3, 0.4) is 0 Å². The van der Waals surface area contributed by atoms with Crippen LogP contribution in [0, 0.1) is 0 Å². The van der Waals surface area contributed by atoms with Gasteiger partial charge in [0.1, 0.15) is 4.21 Å². The number of benzene rings is 1. The zero-order valence-electron chi connectivity index (χ0n) is 15.7. The number of carbonyl (C=O) groups excluding carboxylic acids is 1. The predicted octanol–water partition coefficient (Wildman–Crippen LogP) is 3.86. The Morgan fingerprint density at radius 1 is 1.14 bits per heavy atom. The smallest absolute Gasteiger partial charge is 0.250 e. The summed E-state index contributed by atoms with van der Waals surface area (Å²) in [4.78, 5) is 18.9. The Morgan fingerprint density at radius 3 is 2.48 bits per heavy atom. The lowest BCUT2D eigenvalue weighted by molar-refractivity contribution is -0.132. The molecule has 9 heteroatoms. The summed E-state index contributed by atoms with van der Waals surface area (Å²) in [6, 6.07) is 17.6. The minimum absolute atomic E-state index is 0.0719. The van der Waals surface area contributed by atoms with Gasteiger partial charge < -0.3 is 4.90 Å². The van der Waals surface area contributed by atoms with Crippen LogP contribution in [0.5, 0.6) is 0 Å². The van der Waals surface area contributed by atoms with E-state index in [1.807, 2.05) is 49.4 Å². The quantitative estimate of drug-likeness (QED) is 0.566. The van der Waals surface area contributed by atoms with Crippen molar-refractivity contribution in [3.05, 3.63) is 82.5 Å². The highest BCUT2D eigenvalue weighted by molar-refractivity contribution is 7.91. The van der Waals surface area contributed by atoms with Crippen LogP contribution in [0.1, 0.15) is 24.2 Å². The van der Waals surface area contributed by atoms with Gasteiger partial charge in [0.2, 0.25) is 5.91 Å². The molecule has 1 amide bonds. The summed E-state index contributed by atoms with van der Waals surface area (Å²) in [5.41, 5.74) is 1.67. The lowest BCUT2D eigenvalue weighted by Gasteiger charge is -2.29. The number of aromatic nitrogens is 1. The van der Waals surface area contributed by atoms with E-state index in [1.54, 1.807) is 17.2 Å². The van der Waals surface area contributed by atoms with Crippen molar-refractivity contribution in [1.29, 1.82) is 0 Å². The van der Waals surface area contributed by atoms with Crippen LogP contribution in [0.25, 0.3) is 0 Å². The Morgan fingerprint density at radius 2 is 1.86 bits per heavy atom. The fourth-order valence-corrected chi connectivity index (χ4v) is 5.28. The van der Waals surface area contributed by atoms with Crippen molar-refractivity contribution in [3.8, 4) is 0 Å². The third kappa shape index (κ3) is 5.63. The van der Waals surface area contributed by atoms with Gasteiger partial charge in [0.05, 0.1) is 22.6 Å². The number of hydrogen-bond donors (Lipinski definition) is 1. The van der Waals surface area contributed by atoms with Crippen LogP contribution in [0.15, 0.2) is 71.1 Å². The van der Waals surface area contributed by atoms with Gasteiger partial charge in [-0.1, -0.05) is 48.0 Å². The standard InChI is InChI=1S/C20H20ClN3O3S2/c1-15(17-9-5-6-12-22-17)24(14-16-7-3-2-4-8-16)19(25)13-23-29(26,27)20-11-10-18(21)28-20/h2-12,15,23H,13-14H2,1H3. The molecule has 152 valence electrons. The number of nitrogens with one attached hydrogen (secondary N) is 1. The molecule has 1 aromatic carbocycles. The van der Waals surface area contributed by atoms with Gasteiger partial charge in [-0.3, -0.25) is 9.78 Å². The number of rotatable bonds is 8. The fraction of sp³-hybridized carbons (Fsp3) is 0.200. The maximum Gasteiger partial charge on any atom is 0.250 e. The SMILES string of the molecule is CC(c1ccccn1)N(Cc1ccccc1)C(=O)CNS(=O)(=O)c1ccc(Cl)s1. The zero-order valence-corrected chi connectivity index (χ0v) is 18.0. The Hall–Kier alpha value is -2.26. The molecule has 0 spiro atoms. The number of pyridine rings is 1. The predicted molar refractivity (Wildman–Crippen MR) is 114 cm³/mol. The summed E-state index contributed by atoms with van der Waals surface area (Å²) in [5, 5.41) is 0. The van der Waals surface area contributed by atoms with E-state index in [0.29, 0.717) is 10.9 Å². The van der Waals surface area contributed by atoms with Crippen molar-refractivity contribution in [2.45, 2.75) is 23.7 Å². The first-order valence-corrected chi connectivity index (χ1v) is 11.5. The second-order valence-electron chi connectivity index (χ2n) is 6.32. The number of hydrogen-bond acceptors (Lipinski definition) is 5. The number of thiophene rings is 1. The van der Waals surface area contributed by atoms with Gasteiger partial charge in [-0.25, -0.2) is 13.1 Å². The third-order valence-electron chi connectivity index (χ3n) is 4.33. The van der Waals surface area contributed by atoms with Crippen molar-refractivity contribution < 1.29 is 13.2 Å². The highest BCUT2D eigenvalue weighted by atomic mass is 35.5. The minimum Gasteiger partial charge on any atom is -0.329 e. The Bertz CT molecular complexity index is 1060. The van der Waals surface area contributed by atoms with E-state index in [-0.39, 0.29) is 22.7 Å². The Labute approximate surface area is 179 Å². The highest BCUT2D eigenvalue weighted by Gasteiger charge is 2.25. The average molecular weight is 450 g/mol. The van der Waals surface area contributed by atoms with E-state index >= 15 is 0 Å². The molecule has 0 bridgehead atoms. The fourth-order valence-electron chi connectivity index (χ4n) is 2.78. The average Bonchev–Trinajstić information content (AvgIpc) is 3.18. The first kappa shape index (κ1) is 21.4. The molecule has 3 rings (SSSR count). The Balaban J connectivity index is 1.78. The van der Waals surface area contributed by atoms with Gasteiger partial charge in [-0.15, -0.1) is 11.3 Å². The van der Waals surface area contributed by atoms with Gasteiger partial charge in [-0.2, -0.15) is 0 Å². The van der Waals surface area contributed by atoms with Gasteiger partial charge in [0.15, 0.2) is 0 Å². The molecule has 0 radical (unpaired) electrons. The van der Waals surface area contributed by atoms with Crippen LogP contribution in [-0.4, -0.2) is 30.8 Å². The Kier molecular flexibility index (Phi) is 7.02. The molecular weight excluding hydrogens is 430 g/mol. The van der Waals surface area contributed by atoms with E-state index in [9.17, 15) is 13.2 Å². The number of sulfonamides is 1. The summed E-state index contributed by atoms with van der Waals surface area (Å²) < 4.78 is 27.7. The van der Waals surface area contributed by atoms with Crippen LogP contribution >= 0.6 is 22.9 Å². The van der Waals surface area contributed by atoms with Crippen LogP contribution in [-0.2, 0) is 21.4 Å². The lowest BCUT2D eigenvalue weighted by Crippen LogP contribution is -2.41. The van der Waals surface area contributed by atoms with Crippen molar-refractivity contribution in [3.63, 3.8) is 0 Å². The van der Waals surface area contributed by atoms with E-state index in [0.717, 1.165) is 22.6 Å². The van der Waals surface area contributed by atoms with Crippen LogP contribution in [0.2, 0.25) is 4.34 Å². The molecule has 6 nitrogen and oxygen atoms in total. The first-order chi connectivity index (χ1) is 13.9. The van der Waals surface area contributed by atoms with Crippen LogP contribution in [0.4, 0.5) is 0 Å². The molecule has 0 saturated carbocycles. The molecule has 2 aromatic heterocycles. The molecule has 1 unspecified atom stereocenters. The first-order valence-electron chi connectivity index (χ1n) is 8.86. The lowest BCUT2D eigenvalue weighted by atomic mass is 10.1. The molecule has 3 aromatic rings. The van der Waals surface area contributed by atoms with Gasteiger partial charge >= 0.3 is 0 Å². The molecular formula is C20H20ClN3O3S2. The molecule has 0 aliphatic carbocycles. The largest absolute Gasteiger partial charge is 0.329 e. The van der Waals surface area contributed by atoms with Crippen molar-refractivity contribution in [2.75, 3.05) is 6.54 Å². The second-order valence-corrected chi connectivity index (χ2v) is 10.0. The third-order valence-corrected chi connectivity index (χ3v) is 7.45. The van der Waals surface area contributed by atoms with E-state index < -0.39 is 10.0 Å². The summed E-state index contributed by atoms with van der Waals surface area (Å²) in [6.45, 7) is 1.85. The molecule has 0 aliphatic rings. The molecule has 29 heavy (non-hydrogen) atoms. The second kappa shape index (κ2) is 9.49. The van der Waals surface area contributed by atoms with Gasteiger partial charge in [0.25, 0.3) is 10.0 Å². The maximum atomic E-state index is 13.0. The topological polar surface area (TPSA) is 79.4 Å². The van der Waals surface area contributed by atoms with E-state index in [4.69, 9.17) is 11.6 Å². The zero-order chi connectivity index (χ0) is 20.9. The van der Waals surface area contributed by atoms with Crippen molar-refractivity contribution in [1.82, 2.24) is 14.6 Å². The van der Waals surface area contributed by atoms with Crippen molar-refractivity contribution >= 4 is 38.9 Å². The molecule has 2 heterocycles. The summed E-state index contributed by atoms with van der Waals surface area (Å²) in [5.74, 6) is -0.349. The molecule has 0 saturated heterocycles. The monoisotopic (exact) mass is 449 g/mol. The number of amides is 1. The summed E-state index contributed by atoms with van der Waals surface area (Å²) in [7, 11) is -3.81. The molecule has 0 aliphatic heterocycles. The van der Waals surface area contributed by atoms with E-state index in [1.165, 1.54) is 12.1 Å². The summed E-state index contributed by atoms with van der Waals surface area (Å²) in [6.07, 6.45) is 1.67. The molecule has 1 N–H and O–H groups in total. The number of carbonyl (C=O) groups is 1. The van der Waals surface area contributed by atoms with Gasteiger partial charge in [-0.05, 0) is 36.8 Å². The normalized spacial score (nSPS) is 12.5. The summed E-state index contributed by atoms with van der Waals surface area (Å²) >= 11 is 6.76. The number of halogens is 1. The molecule has 0 fully saturated rings. The van der Waals surface area contributed by atoms with Crippen molar-refractivity contribution in [2.24, 2.45) is 0 Å². The highest BCUT2D eigenvalue weighted by Crippen LogP contribution is 2.25. The molecule has 1 atom stereocenters. The minimum atomic E-state index is -3.81. The van der Waals surface area contributed by atoms with Gasteiger partial charge in [0, 0.05) is 12.7 Å². The number of nitrogens with zero attached hydrogens (tertiary/aromatic N) is 2. The van der Waals surface area contributed by atoms with Crippen LogP contribution < -0.4 is 4.72 Å². The maximum absolute atomic E-state index is 13.0.